The van der Waals surface area contributed by atoms with Crippen LogP contribution in [0.3, 0.4) is 0 Å². The van der Waals surface area contributed by atoms with E-state index in [1.807, 2.05) is 0 Å². The lowest BCUT2D eigenvalue weighted by Crippen LogP contribution is -2.67. The second-order valence-electron chi connectivity index (χ2n) is 7.47. The molecule has 1 aliphatic carbocycles. The van der Waals surface area contributed by atoms with Crippen LogP contribution in [-0.2, 0) is 9.47 Å². The average molecular weight is 395 g/mol. The van der Waals surface area contributed by atoms with Gasteiger partial charge in [0.1, 0.15) is 24.4 Å². The topological polar surface area (TPSA) is 204 Å². The van der Waals surface area contributed by atoms with Crippen LogP contribution in [-0.4, -0.2) is 111 Å². The highest BCUT2D eigenvalue weighted by atomic mass is 16.7. The van der Waals surface area contributed by atoms with E-state index in [1.54, 1.807) is 6.92 Å². The summed E-state index contributed by atoms with van der Waals surface area (Å²) >= 11 is 0. The molecular weight excluding hydrogens is 362 g/mol. The first-order valence-electron chi connectivity index (χ1n) is 9.20. The van der Waals surface area contributed by atoms with Crippen LogP contribution in [0.5, 0.6) is 0 Å². The monoisotopic (exact) mass is 395 g/mol. The van der Waals surface area contributed by atoms with Crippen molar-refractivity contribution < 1.29 is 40.1 Å². The molecule has 10 atom stereocenters. The molecular formula is C16H33N3O8. The van der Waals surface area contributed by atoms with Crippen molar-refractivity contribution in [2.45, 2.75) is 74.3 Å². The Balaban J connectivity index is 2.17. The van der Waals surface area contributed by atoms with Crippen LogP contribution in [0.4, 0.5) is 0 Å². The number of hydrogen-bond donors (Lipinski definition) is 9. The van der Waals surface area contributed by atoms with Crippen LogP contribution in [0.25, 0.3) is 0 Å². The van der Waals surface area contributed by atoms with Crippen molar-refractivity contribution in [1.29, 1.82) is 0 Å². The molecule has 27 heavy (non-hydrogen) atoms. The molecule has 1 unspecified atom stereocenters. The van der Waals surface area contributed by atoms with Gasteiger partial charge < -0.3 is 56.9 Å². The molecule has 160 valence electrons. The van der Waals surface area contributed by atoms with Gasteiger partial charge in [-0.3, -0.25) is 0 Å². The van der Waals surface area contributed by atoms with E-state index < -0.39 is 61.5 Å². The fraction of sp³-hybridized carbons (Fsp3) is 1.00. The summed E-state index contributed by atoms with van der Waals surface area (Å²) in [6.07, 6.45) is -6.49. The minimum absolute atomic E-state index is 0.316. The zero-order valence-electron chi connectivity index (χ0n) is 15.3. The van der Waals surface area contributed by atoms with E-state index in [4.69, 9.17) is 20.9 Å². The van der Waals surface area contributed by atoms with Gasteiger partial charge in [0.05, 0.1) is 38.0 Å². The average Bonchev–Trinajstić information content (AvgIpc) is 2.66. The van der Waals surface area contributed by atoms with E-state index in [0.717, 1.165) is 0 Å². The van der Waals surface area contributed by atoms with Crippen LogP contribution in [0.15, 0.2) is 0 Å². The summed E-state index contributed by atoms with van der Waals surface area (Å²) in [5.74, 6) is -0.316. The van der Waals surface area contributed by atoms with Crippen molar-refractivity contribution in [2.24, 2.45) is 17.4 Å². The first kappa shape index (κ1) is 22.8. The van der Waals surface area contributed by atoms with E-state index in [9.17, 15) is 30.6 Å². The van der Waals surface area contributed by atoms with Crippen molar-refractivity contribution in [2.75, 3.05) is 19.8 Å². The fourth-order valence-corrected chi connectivity index (χ4v) is 3.62. The molecule has 1 aliphatic heterocycles. The highest BCUT2D eigenvalue weighted by molar-refractivity contribution is 5.00. The zero-order valence-corrected chi connectivity index (χ0v) is 15.3. The molecule has 0 spiro atoms. The van der Waals surface area contributed by atoms with Crippen molar-refractivity contribution in [3.05, 3.63) is 0 Å². The maximum atomic E-state index is 10.7. The van der Waals surface area contributed by atoms with Crippen LogP contribution < -0.4 is 16.8 Å². The standard InChI is InChI=1S/C16H33N3O8/c1-6-8(17)2-9(19-7(3-20)4-21)15(12(6)23)27-16-14(25)11(18)13(24)10(5-22)26-16/h6-16,19-25H,2-5,17-18H2,1H3/t6?,8-,9+,10+,11-,12-,13+,14+,15-,16+/m0/s1. The molecule has 0 aromatic carbocycles. The Morgan fingerprint density at radius 3 is 2.26 bits per heavy atom. The SMILES string of the molecule is CC1[C@@H](N)C[C@@H](NC(CO)CO)[C@H](O[C@H]2O[C@H](CO)[C@@H](O)[C@H](N)[C@H]2O)[C@H]1O. The van der Waals surface area contributed by atoms with Gasteiger partial charge in [-0.1, -0.05) is 6.92 Å². The highest BCUT2D eigenvalue weighted by Gasteiger charge is 2.48. The molecule has 0 bridgehead atoms. The third kappa shape index (κ3) is 4.95. The van der Waals surface area contributed by atoms with Gasteiger partial charge >= 0.3 is 0 Å². The zero-order chi connectivity index (χ0) is 20.3. The number of ether oxygens (including phenoxy) is 2. The van der Waals surface area contributed by atoms with Gasteiger partial charge in [-0.05, 0) is 12.3 Å². The molecule has 1 heterocycles. The van der Waals surface area contributed by atoms with E-state index in [-0.39, 0.29) is 25.2 Å². The Morgan fingerprint density at radius 1 is 1.07 bits per heavy atom. The number of nitrogens with two attached hydrogens (primary N) is 2. The Hall–Kier alpha value is -0.440. The van der Waals surface area contributed by atoms with Gasteiger partial charge in [0.15, 0.2) is 6.29 Å². The normalized spacial score (nSPS) is 46.0. The second-order valence-corrected chi connectivity index (χ2v) is 7.47. The summed E-state index contributed by atoms with van der Waals surface area (Å²) in [5.41, 5.74) is 11.9. The molecule has 1 saturated carbocycles. The third-order valence-electron chi connectivity index (χ3n) is 5.59. The van der Waals surface area contributed by atoms with Crippen molar-refractivity contribution in [3.8, 4) is 0 Å². The van der Waals surface area contributed by atoms with E-state index in [0.29, 0.717) is 6.42 Å². The lowest BCUT2D eigenvalue weighted by Gasteiger charge is -2.47. The predicted molar refractivity (Wildman–Crippen MR) is 93.3 cm³/mol. The number of hydrogen-bond acceptors (Lipinski definition) is 11. The molecule has 0 aromatic heterocycles. The Morgan fingerprint density at radius 2 is 1.70 bits per heavy atom. The lowest BCUT2D eigenvalue weighted by molar-refractivity contribution is -0.303. The molecule has 1 saturated heterocycles. The number of nitrogens with one attached hydrogen (secondary N) is 1. The number of aliphatic hydroxyl groups excluding tert-OH is 6. The molecule has 2 aliphatic rings. The highest BCUT2D eigenvalue weighted by Crippen LogP contribution is 2.30. The molecule has 0 radical (unpaired) electrons. The molecule has 11 N–H and O–H groups in total. The Labute approximate surface area is 157 Å². The predicted octanol–water partition coefficient (Wildman–Crippen LogP) is -4.82. The van der Waals surface area contributed by atoms with E-state index >= 15 is 0 Å². The van der Waals surface area contributed by atoms with E-state index in [1.165, 1.54) is 0 Å². The molecule has 0 aromatic rings. The van der Waals surface area contributed by atoms with Crippen LogP contribution in [0.1, 0.15) is 13.3 Å². The van der Waals surface area contributed by atoms with Crippen LogP contribution in [0.2, 0.25) is 0 Å². The summed E-state index contributed by atoms with van der Waals surface area (Å²) < 4.78 is 11.3. The summed E-state index contributed by atoms with van der Waals surface area (Å²) in [4.78, 5) is 0. The maximum absolute atomic E-state index is 10.7. The first-order valence-corrected chi connectivity index (χ1v) is 9.20. The summed E-state index contributed by atoms with van der Waals surface area (Å²) in [7, 11) is 0. The smallest absolute Gasteiger partial charge is 0.186 e. The fourth-order valence-electron chi connectivity index (χ4n) is 3.62. The van der Waals surface area contributed by atoms with Gasteiger partial charge in [-0.25, -0.2) is 0 Å². The van der Waals surface area contributed by atoms with Crippen molar-refractivity contribution >= 4 is 0 Å². The van der Waals surface area contributed by atoms with Gasteiger partial charge in [0.25, 0.3) is 0 Å². The van der Waals surface area contributed by atoms with Crippen LogP contribution >= 0.6 is 0 Å². The van der Waals surface area contributed by atoms with Crippen molar-refractivity contribution in [3.63, 3.8) is 0 Å². The van der Waals surface area contributed by atoms with Gasteiger partial charge in [0.2, 0.25) is 0 Å². The van der Waals surface area contributed by atoms with Gasteiger partial charge in [-0.2, -0.15) is 0 Å². The van der Waals surface area contributed by atoms with Gasteiger partial charge in [0, 0.05) is 12.1 Å². The number of rotatable bonds is 7. The minimum Gasteiger partial charge on any atom is -0.395 e. The molecule has 2 rings (SSSR count). The molecule has 11 heteroatoms. The quantitative estimate of drug-likeness (QED) is 0.200. The second kappa shape index (κ2) is 9.85. The first-order chi connectivity index (χ1) is 12.7. The maximum Gasteiger partial charge on any atom is 0.186 e. The Bertz CT molecular complexity index is 455. The summed E-state index contributed by atoms with van der Waals surface area (Å²) in [5, 5.41) is 61.9. The van der Waals surface area contributed by atoms with Crippen LogP contribution in [0, 0.1) is 5.92 Å². The Kier molecular flexibility index (Phi) is 8.34. The molecule has 0 amide bonds. The van der Waals surface area contributed by atoms with Gasteiger partial charge in [-0.15, -0.1) is 0 Å². The summed E-state index contributed by atoms with van der Waals surface area (Å²) in [6, 6.07) is -2.63. The lowest BCUT2D eigenvalue weighted by atomic mass is 9.78. The largest absolute Gasteiger partial charge is 0.395 e. The van der Waals surface area contributed by atoms with E-state index in [2.05, 4.69) is 5.32 Å². The minimum atomic E-state index is -1.38. The molecule has 2 fully saturated rings. The summed E-state index contributed by atoms with van der Waals surface area (Å²) in [6.45, 7) is 0.593. The number of aliphatic hydroxyl groups is 6. The third-order valence-corrected chi connectivity index (χ3v) is 5.59. The molecule has 11 nitrogen and oxygen atoms in total. The van der Waals surface area contributed by atoms with Crippen molar-refractivity contribution in [1.82, 2.24) is 5.32 Å².